The van der Waals surface area contributed by atoms with E-state index in [9.17, 15) is 0 Å². The van der Waals surface area contributed by atoms with Gasteiger partial charge >= 0.3 is 0 Å². The number of rotatable bonds is 3. The molecule has 1 aliphatic rings. The van der Waals surface area contributed by atoms with Crippen LogP contribution in [-0.4, -0.2) is 4.98 Å². The summed E-state index contributed by atoms with van der Waals surface area (Å²) >= 11 is 3.47. The Kier molecular flexibility index (Phi) is 3.56. The van der Waals surface area contributed by atoms with Gasteiger partial charge < -0.3 is 5.32 Å². The molecule has 1 aliphatic carbocycles. The summed E-state index contributed by atoms with van der Waals surface area (Å²) in [6, 6.07) is 11.2. The van der Waals surface area contributed by atoms with Crippen molar-refractivity contribution in [2.75, 3.05) is 5.32 Å². The van der Waals surface area contributed by atoms with E-state index >= 15 is 0 Å². The molecule has 0 bridgehead atoms. The van der Waals surface area contributed by atoms with Crippen molar-refractivity contribution in [3.05, 3.63) is 57.8 Å². The molecule has 1 unspecified atom stereocenters. The average Bonchev–Trinajstić information content (AvgIpc) is 2.88. The second-order valence-corrected chi connectivity index (χ2v) is 5.84. The number of nitrogens with zero attached hydrogens (tertiary/aromatic N) is 1. The molecule has 2 nitrogen and oxygen atoms in total. The van der Waals surface area contributed by atoms with Crippen molar-refractivity contribution in [3.63, 3.8) is 0 Å². The molecule has 1 heterocycles. The second kappa shape index (κ2) is 5.33. The summed E-state index contributed by atoms with van der Waals surface area (Å²) in [7, 11) is 0. The van der Waals surface area contributed by atoms with E-state index in [1.165, 1.54) is 36.0 Å². The van der Waals surface area contributed by atoms with E-state index in [0.29, 0.717) is 0 Å². The standard InChI is InChI=1S/C16H17BrN2/c1-11(19-15-6-3-9-18-16(15)17)13-8-7-12-4-2-5-14(12)10-13/h3,6-11,19H,2,4-5H2,1H3. The summed E-state index contributed by atoms with van der Waals surface area (Å²) in [4.78, 5) is 4.24. The molecule has 0 radical (unpaired) electrons. The van der Waals surface area contributed by atoms with Crippen LogP contribution in [0.1, 0.15) is 36.1 Å². The second-order valence-electron chi connectivity index (χ2n) is 5.09. The van der Waals surface area contributed by atoms with Crippen LogP contribution >= 0.6 is 15.9 Å². The first-order valence-corrected chi connectivity index (χ1v) is 7.52. The number of anilines is 1. The zero-order valence-corrected chi connectivity index (χ0v) is 12.6. The molecule has 1 N–H and O–H groups in total. The molecule has 0 spiro atoms. The third kappa shape index (κ3) is 2.66. The van der Waals surface area contributed by atoms with Crippen LogP contribution in [0.5, 0.6) is 0 Å². The third-order valence-electron chi connectivity index (χ3n) is 3.75. The van der Waals surface area contributed by atoms with E-state index in [-0.39, 0.29) is 6.04 Å². The summed E-state index contributed by atoms with van der Waals surface area (Å²) in [5.74, 6) is 0. The van der Waals surface area contributed by atoms with Gasteiger partial charge in [0.15, 0.2) is 0 Å². The SMILES string of the molecule is CC(Nc1cccnc1Br)c1ccc2c(c1)CCC2. The number of nitrogens with one attached hydrogen (secondary N) is 1. The number of benzene rings is 1. The van der Waals surface area contributed by atoms with Crippen LogP contribution < -0.4 is 5.32 Å². The molecule has 1 atom stereocenters. The molecule has 1 aromatic heterocycles. The lowest BCUT2D eigenvalue weighted by Crippen LogP contribution is -2.08. The molecule has 98 valence electrons. The van der Waals surface area contributed by atoms with Crippen LogP contribution in [0.25, 0.3) is 0 Å². The van der Waals surface area contributed by atoms with Gasteiger partial charge in [0, 0.05) is 12.2 Å². The number of hydrogen-bond acceptors (Lipinski definition) is 2. The maximum absolute atomic E-state index is 4.24. The minimum Gasteiger partial charge on any atom is -0.376 e. The number of hydrogen-bond donors (Lipinski definition) is 1. The van der Waals surface area contributed by atoms with Gasteiger partial charge in [-0.3, -0.25) is 0 Å². The maximum atomic E-state index is 4.24. The summed E-state index contributed by atoms with van der Waals surface area (Å²) in [6.45, 7) is 2.19. The van der Waals surface area contributed by atoms with E-state index in [1.54, 1.807) is 6.20 Å². The highest BCUT2D eigenvalue weighted by Crippen LogP contribution is 2.28. The molecule has 2 aromatic rings. The van der Waals surface area contributed by atoms with Crippen LogP contribution in [0, 0.1) is 0 Å². The molecule has 3 rings (SSSR count). The van der Waals surface area contributed by atoms with E-state index in [1.807, 2.05) is 12.1 Å². The number of aromatic nitrogens is 1. The van der Waals surface area contributed by atoms with Crippen LogP contribution in [-0.2, 0) is 12.8 Å². The van der Waals surface area contributed by atoms with Gasteiger partial charge in [-0.2, -0.15) is 0 Å². The number of fused-ring (bicyclic) bond motifs is 1. The molecule has 0 saturated carbocycles. The first-order valence-electron chi connectivity index (χ1n) is 6.73. The highest BCUT2D eigenvalue weighted by Gasteiger charge is 2.14. The Hall–Kier alpha value is -1.35. The predicted molar refractivity (Wildman–Crippen MR) is 82.4 cm³/mol. The van der Waals surface area contributed by atoms with Gasteiger partial charge in [-0.25, -0.2) is 4.98 Å². The highest BCUT2D eigenvalue weighted by molar-refractivity contribution is 9.10. The van der Waals surface area contributed by atoms with Crippen LogP contribution in [0.15, 0.2) is 41.1 Å². The van der Waals surface area contributed by atoms with E-state index in [4.69, 9.17) is 0 Å². The summed E-state index contributed by atoms with van der Waals surface area (Å²) in [5, 5.41) is 3.51. The van der Waals surface area contributed by atoms with Crippen LogP contribution in [0.4, 0.5) is 5.69 Å². The van der Waals surface area contributed by atoms with Crippen molar-refractivity contribution in [2.24, 2.45) is 0 Å². The first-order chi connectivity index (χ1) is 9.24. The van der Waals surface area contributed by atoms with Gasteiger partial charge in [-0.05, 0) is 70.9 Å². The lowest BCUT2D eigenvalue weighted by Gasteiger charge is -2.17. The van der Waals surface area contributed by atoms with Gasteiger partial charge in [0.1, 0.15) is 4.60 Å². The zero-order valence-electron chi connectivity index (χ0n) is 11.0. The van der Waals surface area contributed by atoms with Crippen molar-refractivity contribution < 1.29 is 0 Å². The molecule has 0 fully saturated rings. The van der Waals surface area contributed by atoms with Gasteiger partial charge in [-0.1, -0.05) is 18.2 Å². The van der Waals surface area contributed by atoms with Gasteiger partial charge in [0.2, 0.25) is 0 Å². The molecular formula is C16H17BrN2. The van der Waals surface area contributed by atoms with Crippen molar-refractivity contribution in [2.45, 2.75) is 32.2 Å². The Bertz CT molecular complexity index is 595. The minimum atomic E-state index is 0.284. The van der Waals surface area contributed by atoms with Crippen LogP contribution in [0.3, 0.4) is 0 Å². The topological polar surface area (TPSA) is 24.9 Å². The minimum absolute atomic E-state index is 0.284. The molecule has 1 aromatic carbocycles. The van der Waals surface area contributed by atoms with Crippen LogP contribution in [0.2, 0.25) is 0 Å². The monoisotopic (exact) mass is 316 g/mol. The fourth-order valence-corrected chi connectivity index (χ4v) is 3.04. The third-order valence-corrected chi connectivity index (χ3v) is 4.39. The molecule has 19 heavy (non-hydrogen) atoms. The Morgan fingerprint density at radius 1 is 1.21 bits per heavy atom. The van der Waals surface area contributed by atoms with E-state index in [2.05, 4.69) is 51.4 Å². The van der Waals surface area contributed by atoms with Crippen molar-refractivity contribution in [1.29, 1.82) is 0 Å². The molecule has 0 amide bonds. The van der Waals surface area contributed by atoms with Crippen molar-refractivity contribution in [1.82, 2.24) is 4.98 Å². The lowest BCUT2D eigenvalue weighted by molar-refractivity contribution is 0.876. The van der Waals surface area contributed by atoms with Gasteiger partial charge in [0.25, 0.3) is 0 Å². The summed E-state index contributed by atoms with van der Waals surface area (Å²) < 4.78 is 0.864. The van der Waals surface area contributed by atoms with E-state index < -0.39 is 0 Å². The number of halogens is 1. The zero-order chi connectivity index (χ0) is 13.2. The number of pyridine rings is 1. The lowest BCUT2D eigenvalue weighted by atomic mass is 10.0. The summed E-state index contributed by atoms with van der Waals surface area (Å²) in [5.41, 5.74) is 5.43. The quantitative estimate of drug-likeness (QED) is 0.843. The largest absolute Gasteiger partial charge is 0.376 e. The van der Waals surface area contributed by atoms with Crippen molar-refractivity contribution >= 4 is 21.6 Å². The van der Waals surface area contributed by atoms with Crippen molar-refractivity contribution in [3.8, 4) is 0 Å². The highest BCUT2D eigenvalue weighted by atomic mass is 79.9. The Balaban J connectivity index is 1.81. The number of aryl methyl sites for hydroxylation is 2. The molecular weight excluding hydrogens is 300 g/mol. The van der Waals surface area contributed by atoms with Gasteiger partial charge in [0.05, 0.1) is 5.69 Å². The summed E-state index contributed by atoms with van der Waals surface area (Å²) in [6.07, 6.45) is 5.56. The molecule has 0 aliphatic heterocycles. The normalized spacial score (nSPS) is 15.1. The van der Waals surface area contributed by atoms with E-state index in [0.717, 1.165) is 10.3 Å². The maximum Gasteiger partial charge on any atom is 0.129 e. The fraction of sp³-hybridized carbons (Fsp3) is 0.312. The van der Waals surface area contributed by atoms with Gasteiger partial charge in [-0.15, -0.1) is 0 Å². The molecule has 3 heteroatoms. The Morgan fingerprint density at radius 3 is 2.89 bits per heavy atom. The average molecular weight is 317 g/mol. The molecule has 0 saturated heterocycles. The Labute approximate surface area is 122 Å². The fourth-order valence-electron chi connectivity index (χ4n) is 2.67. The first kappa shape index (κ1) is 12.7. The predicted octanol–water partition coefficient (Wildman–Crippen LogP) is 4.51. The smallest absolute Gasteiger partial charge is 0.129 e. The Morgan fingerprint density at radius 2 is 2.05 bits per heavy atom.